The SMILES string of the molecule is C=C(c1ccc2nc(-c3c(C)cccc3C)[nH]c2c1)N(C)CC(C)C. The number of H-pyrrole nitrogens is 1. The fourth-order valence-electron chi connectivity index (χ4n) is 3.37. The second-order valence-electron chi connectivity index (χ2n) is 7.31. The monoisotopic (exact) mass is 333 g/mol. The quantitative estimate of drug-likeness (QED) is 0.677. The summed E-state index contributed by atoms with van der Waals surface area (Å²) >= 11 is 0. The fourth-order valence-corrected chi connectivity index (χ4v) is 3.37. The number of rotatable bonds is 5. The molecule has 3 aromatic rings. The number of nitrogens with one attached hydrogen (secondary N) is 1. The van der Waals surface area contributed by atoms with E-state index in [1.807, 2.05) is 0 Å². The molecule has 0 radical (unpaired) electrons. The number of hydrogen-bond donors (Lipinski definition) is 1. The first kappa shape index (κ1) is 17.3. The van der Waals surface area contributed by atoms with E-state index in [4.69, 9.17) is 4.98 Å². The maximum Gasteiger partial charge on any atom is 0.139 e. The summed E-state index contributed by atoms with van der Waals surface area (Å²) in [4.78, 5) is 10.5. The minimum absolute atomic E-state index is 0.605. The molecule has 0 bridgehead atoms. The van der Waals surface area contributed by atoms with Crippen LogP contribution in [-0.2, 0) is 0 Å². The van der Waals surface area contributed by atoms with Crippen molar-refractivity contribution in [1.82, 2.24) is 14.9 Å². The lowest BCUT2D eigenvalue weighted by atomic mass is 10.0. The molecule has 0 spiro atoms. The van der Waals surface area contributed by atoms with Gasteiger partial charge in [-0.3, -0.25) is 0 Å². The molecule has 130 valence electrons. The summed E-state index contributed by atoms with van der Waals surface area (Å²) in [6, 6.07) is 12.7. The molecule has 0 saturated heterocycles. The number of benzene rings is 2. The van der Waals surface area contributed by atoms with Crippen molar-refractivity contribution in [2.24, 2.45) is 5.92 Å². The van der Waals surface area contributed by atoms with Gasteiger partial charge >= 0.3 is 0 Å². The predicted molar refractivity (Wildman–Crippen MR) is 108 cm³/mol. The van der Waals surface area contributed by atoms with Crippen LogP contribution in [0.3, 0.4) is 0 Å². The lowest BCUT2D eigenvalue weighted by Crippen LogP contribution is -2.21. The molecule has 2 aromatic carbocycles. The Kier molecular flexibility index (Phi) is 4.67. The van der Waals surface area contributed by atoms with Gasteiger partial charge in [-0.25, -0.2) is 4.98 Å². The smallest absolute Gasteiger partial charge is 0.139 e. The second kappa shape index (κ2) is 6.75. The van der Waals surface area contributed by atoms with Crippen molar-refractivity contribution >= 4 is 16.7 Å². The molecule has 0 aliphatic carbocycles. The number of aromatic amines is 1. The molecule has 0 fully saturated rings. The summed E-state index contributed by atoms with van der Waals surface area (Å²) < 4.78 is 0. The Morgan fingerprint density at radius 1 is 1.16 bits per heavy atom. The topological polar surface area (TPSA) is 31.9 Å². The van der Waals surface area contributed by atoms with Gasteiger partial charge in [0, 0.05) is 24.9 Å². The first-order chi connectivity index (χ1) is 11.9. The molecule has 1 heterocycles. The summed E-state index contributed by atoms with van der Waals surface area (Å²) in [6.07, 6.45) is 0. The highest BCUT2D eigenvalue weighted by Gasteiger charge is 2.12. The van der Waals surface area contributed by atoms with Crippen molar-refractivity contribution in [2.75, 3.05) is 13.6 Å². The van der Waals surface area contributed by atoms with Crippen molar-refractivity contribution in [3.63, 3.8) is 0 Å². The number of aromatic nitrogens is 2. The minimum Gasteiger partial charge on any atom is -0.374 e. The molecule has 3 heteroatoms. The standard InChI is InChI=1S/C22H27N3/c1-14(2)13-25(6)17(5)18-10-11-19-20(12-18)24-22(23-19)21-15(3)8-7-9-16(21)4/h7-12,14H,5,13H2,1-4,6H3,(H,23,24). The Hall–Kier alpha value is -2.55. The van der Waals surface area contributed by atoms with Crippen molar-refractivity contribution in [1.29, 1.82) is 0 Å². The number of imidazole rings is 1. The van der Waals surface area contributed by atoms with E-state index >= 15 is 0 Å². The van der Waals surface area contributed by atoms with Crippen molar-refractivity contribution in [3.05, 3.63) is 59.7 Å². The second-order valence-corrected chi connectivity index (χ2v) is 7.31. The number of fused-ring (bicyclic) bond motifs is 1. The molecule has 25 heavy (non-hydrogen) atoms. The molecule has 3 nitrogen and oxygen atoms in total. The van der Waals surface area contributed by atoms with Crippen LogP contribution in [0.4, 0.5) is 0 Å². The molecule has 3 rings (SSSR count). The van der Waals surface area contributed by atoms with Gasteiger partial charge in [0.05, 0.1) is 11.0 Å². The van der Waals surface area contributed by atoms with Gasteiger partial charge in [-0.05, 0) is 48.6 Å². The molecule has 0 saturated carbocycles. The highest BCUT2D eigenvalue weighted by Crippen LogP contribution is 2.28. The zero-order valence-electron chi connectivity index (χ0n) is 15.9. The normalized spacial score (nSPS) is 11.3. The van der Waals surface area contributed by atoms with Crippen LogP contribution in [0.2, 0.25) is 0 Å². The lowest BCUT2D eigenvalue weighted by Gasteiger charge is -2.23. The Balaban J connectivity index is 1.99. The molecular formula is C22H27N3. The summed E-state index contributed by atoms with van der Waals surface area (Å²) in [7, 11) is 2.10. The van der Waals surface area contributed by atoms with E-state index in [2.05, 4.69) is 87.6 Å². The van der Waals surface area contributed by atoms with Crippen LogP contribution in [-0.4, -0.2) is 28.5 Å². The lowest BCUT2D eigenvalue weighted by molar-refractivity contribution is 0.408. The molecule has 1 aromatic heterocycles. The average molecular weight is 333 g/mol. The van der Waals surface area contributed by atoms with Crippen LogP contribution in [0.15, 0.2) is 43.0 Å². The third kappa shape index (κ3) is 3.46. The van der Waals surface area contributed by atoms with Crippen LogP contribution in [0, 0.1) is 19.8 Å². The first-order valence-electron chi connectivity index (χ1n) is 8.83. The number of nitrogens with zero attached hydrogens (tertiary/aromatic N) is 2. The Bertz CT molecular complexity index is 898. The van der Waals surface area contributed by atoms with Crippen LogP contribution in [0.1, 0.15) is 30.5 Å². The highest BCUT2D eigenvalue weighted by atomic mass is 15.1. The van der Waals surface area contributed by atoms with Crippen molar-refractivity contribution in [2.45, 2.75) is 27.7 Å². The van der Waals surface area contributed by atoms with Gasteiger partial charge in [0.1, 0.15) is 5.82 Å². The van der Waals surface area contributed by atoms with E-state index < -0.39 is 0 Å². The molecule has 0 atom stereocenters. The predicted octanol–water partition coefficient (Wildman–Crippen LogP) is 5.41. The average Bonchev–Trinajstić information content (AvgIpc) is 2.95. The Labute approximate surface area is 150 Å². The fraction of sp³-hybridized carbons (Fsp3) is 0.318. The molecule has 1 N–H and O–H groups in total. The summed E-state index contributed by atoms with van der Waals surface area (Å²) in [5.41, 5.74) is 7.87. The van der Waals surface area contributed by atoms with E-state index in [-0.39, 0.29) is 0 Å². The summed E-state index contributed by atoms with van der Waals surface area (Å²) in [6.45, 7) is 14.0. The third-order valence-electron chi connectivity index (χ3n) is 4.63. The maximum absolute atomic E-state index is 4.80. The van der Waals surface area contributed by atoms with Gasteiger partial charge in [0.2, 0.25) is 0 Å². The summed E-state index contributed by atoms with van der Waals surface area (Å²) in [5.74, 6) is 1.54. The third-order valence-corrected chi connectivity index (χ3v) is 4.63. The van der Waals surface area contributed by atoms with E-state index in [0.717, 1.165) is 34.7 Å². The molecule has 0 aliphatic heterocycles. The van der Waals surface area contributed by atoms with Crippen molar-refractivity contribution < 1.29 is 0 Å². The zero-order valence-corrected chi connectivity index (χ0v) is 15.9. The van der Waals surface area contributed by atoms with E-state index in [9.17, 15) is 0 Å². The van der Waals surface area contributed by atoms with Gasteiger partial charge in [-0.2, -0.15) is 0 Å². The van der Waals surface area contributed by atoms with Gasteiger partial charge in [0.15, 0.2) is 0 Å². The van der Waals surface area contributed by atoms with Gasteiger partial charge in [0.25, 0.3) is 0 Å². The maximum atomic E-state index is 4.80. The van der Waals surface area contributed by atoms with Gasteiger partial charge < -0.3 is 9.88 Å². The van der Waals surface area contributed by atoms with E-state index in [0.29, 0.717) is 5.92 Å². The van der Waals surface area contributed by atoms with Gasteiger partial charge in [-0.1, -0.05) is 44.7 Å². The minimum atomic E-state index is 0.605. The van der Waals surface area contributed by atoms with Crippen molar-refractivity contribution in [3.8, 4) is 11.4 Å². The highest BCUT2D eigenvalue weighted by molar-refractivity contribution is 5.84. The van der Waals surface area contributed by atoms with Crippen LogP contribution in [0.5, 0.6) is 0 Å². The number of hydrogen-bond acceptors (Lipinski definition) is 2. The largest absolute Gasteiger partial charge is 0.374 e. The van der Waals surface area contributed by atoms with Crippen LogP contribution in [0.25, 0.3) is 28.1 Å². The summed E-state index contributed by atoms with van der Waals surface area (Å²) in [5, 5.41) is 0. The van der Waals surface area contributed by atoms with Crippen LogP contribution >= 0.6 is 0 Å². The Morgan fingerprint density at radius 3 is 2.48 bits per heavy atom. The van der Waals surface area contributed by atoms with Crippen LogP contribution < -0.4 is 0 Å². The number of aryl methyl sites for hydroxylation is 2. The van der Waals surface area contributed by atoms with E-state index in [1.54, 1.807) is 0 Å². The van der Waals surface area contributed by atoms with Gasteiger partial charge in [-0.15, -0.1) is 0 Å². The molecular weight excluding hydrogens is 306 g/mol. The zero-order chi connectivity index (χ0) is 18.1. The molecule has 0 amide bonds. The Morgan fingerprint density at radius 2 is 1.84 bits per heavy atom. The first-order valence-corrected chi connectivity index (χ1v) is 8.83. The molecule has 0 unspecified atom stereocenters. The molecule has 0 aliphatic rings. The van der Waals surface area contributed by atoms with E-state index in [1.165, 1.54) is 16.7 Å².